The van der Waals surface area contributed by atoms with E-state index in [1.54, 1.807) is 17.0 Å². The molecule has 0 saturated carbocycles. The number of nitrogens with zero attached hydrogens (tertiary/aromatic N) is 1. The second-order valence-electron chi connectivity index (χ2n) is 7.29. The third-order valence-electron chi connectivity index (χ3n) is 5.05. The summed E-state index contributed by atoms with van der Waals surface area (Å²) in [7, 11) is 0. The van der Waals surface area contributed by atoms with Crippen LogP contribution < -0.4 is 10.1 Å². The molecular formula is C23H27FN2O3. The van der Waals surface area contributed by atoms with Gasteiger partial charge in [-0.2, -0.15) is 0 Å². The number of carbonyl (C=O) groups is 2. The van der Waals surface area contributed by atoms with Crippen LogP contribution in [0.4, 0.5) is 4.39 Å². The van der Waals surface area contributed by atoms with E-state index in [9.17, 15) is 14.0 Å². The Balaban J connectivity index is 1.36. The highest BCUT2D eigenvalue weighted by Crippen LogP contribution is 2.18. The van der Waals surface area contributed by atoms with Gasteiger partial charge in [0, 0.05) is 19.6 Å². The highest BCUT2D eigenvalue weighted by atomic mass is 19.1. The molecular weight excluding hydrogens is 371 g/mol. The van der Waals surface area contributed by atoms with Crippen molar-refractivity contribution in [3.63, 3.8) is 0 Å². The van der Waals surface area contributed by atoms with Gasteiger partial charge in [0.1, 0.15) is 11.6 Å². The first-order chi connectivity index (χ1) is 14.1. The number of nitrogens with one attached hydrogen (secondary N) is 1. The van der Waals surface area contributed by atoms with Gasteiger partial charge in [-0.1, -0.05) is 30.3 Å². The van der Waals surface area contributed by atoms with Crippen LogP contribution in [0.15, 0.2) is 54.6 Å². The van der Waals surface area contributed by atoms with Gasteiger partial charge in [0.2, 0.25) is 11.8 Å². The average Bonchev–Trinajstić information content (AvgIpc) is 2.75. The number of likely N-dealkylation sites (tertiary alicyclic amines) is 1. The molecule has 3 rings (SSSR count). The van der Waals surface area contributed by atoms with Crippen molar-refractivity contribution < 1.29 is 18.7 Å². The van der Waals surface area contributed by atoms with Gasteiger partial charge >= 0.3 is 0 Å². The molecule has 0 radical (unpaired) electrons. The summed E-state index contributed by atoms with van der Waals surface area (Å²) < 4.78 is 18.4. The monoisotopic (exact) mass is 398 g/mol. The predicted octanol–water partition coefficient (Wildman–Crippen LogP) is 3.19. The van der Waals surface area contributed by atoms with Crippen molar-refractivity contribution in [3.8, 4) is 5.75 Å². The van der Waals surface area contributed by atoms with Crippen LogP contribution in [0.1, 0.15) is 24.8 Å². The standard InChI is InChI=1S/C23H27FN2O3/c24-20-9-11-21(12-10-20)29-15-5-13-25-23(28)19-8-4-14-26(17-19)22(27)16-18-6-2-1-3-7-18/h1-3,6-7,9-12,19H,4-5,8,13-17H2,(H,25,28). The zero-order valence-corrected chi connectivity index (χ0v) is 16.5. The summed E-state index contributed by atoms with van der Waals surface area (Å²) in [4.78, 5) is 26.8. The molecule has 2 amide bonds. The maximum atomic E-state index is 12.9. The molecule has 6 heteroatoms. The van der Waals surface area contributed by atoms with Crippen molar-refractivity contribution in [3.05, 3.63) is 66.0 Å². The van der Waals surface area contributed by atoms with Crippen molar-refractivity contribution >= 4 is 11.8 Å². The van der Waals surface area contributed by atoms with E-state index >= 15 is 0 Å². The topological polar surface area (TPSA) is 58.6 Å². The molecule has 29 heavy (non-hydrogen) atoms. The van der Waals surface area contributed by atoms with Gasteiger partial charge < -0.3 is 15.0 Å². The molecule has 1 aliphatic rings. The summed E-state index contributed by atoms with van der Waals surface area (Å²) >= 11 is 0. The Morgan fingerprint density at radius 3 is 2.62 bits per heavy atom. The molecule has 1 aliphatic heterocycles. The lowest BCUT2D eigenvalue weighted by Crippen LogP contribution is -2.46. The Hall–Kier alpha value is -2.89. The largest absolute Gasteiger partial charge is 0.494 e. The minimum Gasteiger partial charge on any atom is -0.494 e. The number of amides is 2. The van der Waals surface area contributed by atoms with E-state index < -0.39 is 0 Å². The molecule has 2 aromatic rings. The summed E-state index contributed by atoms with van der Waals surface area (Å²) in [6.07, 6.45) is 2.67. The highest BCUT2D eigenvalue weighted by Gasteiger charge is 2.28. The van der Waals surface area contributed by atoms with Crippen LogP contribution in [-0.2, 0) is 16.0 Å². The van der Waals surface area contributed by atoms with E-state index in [1.165, 1.54) is 12.1 Å². The van der Waals surface area contributed by atoms with Gasteiger partial charge in [0.05, 0.1) is 18.9 Å². The molecule has 154 valence electrons. The molecule has 0 aliphatic carbocycles. The number of rotatable bonds is 8. The number of hydrogen-bond acceptors (Lipinski definition) is 3. The Bertz CT molecular complexity index is 796. The fourth-order valence-electron chi connectivity index (χ4n) is 3.45. The van der Waals surface area contributed by atoms with Crippen LogP contribution in [0, 0.1) is 11.7 Å². The van der Waals surface area contributed by atoms with Gasteiger partial charge in [0.15, 0.2) is 0 Å². The van der Waals surface area contributed by atoms with Crippen LogP contribution >= 0.6 is 0 Å². The summed E-state index contributed by atoms with van der Waals surface area (Å²) in [5.74, 6) is 0.206. The Kier molecular flexibility index (Phi) is 7.61. The lowest BCUT2D eigenvalue weighted by atomic mass is 9.96. The van der Waals surface area contributed by atoms with E-state index in [2.05, 4.69) is 5.32 Å². The average molecular weight is 398 g/mol. The molecule has 1 fully saturated rings. The van der Waals surface area contributed by atoms with Crippen LogP contribution in [0.3, 0.4) is 0 Å². The van der Waals surface area contributed by atoms with E-state index in [4.69, 9.17) is 4.74 Å². The second-order valence-corrected chi connectivity index (χ2v) is 7.29. The second kappa shape index (κ2) is 10.6. The van der Waals surface area contributed by atoms with Crippen LogP contribution in [0.25, 0.3) is 0 Å². The van der Waals surface area contributed by atoms with Gasteiger partial charge in [0.25, 0.3) is 0 Å². The summed E-state index contributed by atoms with van der Waals surface area (Å²) in [5, 5.41) is 2.94. The molecule has 1 heterocycles. The molecule has 1 unspecified atom stereocenters. The molecule has 0 aromatic heterocycles. The van der Waals surface area contributed by atoms with Gasteiger partial charge in [-0.15, -0.1) is 0 Å². The summed E-state index contributed by atoms with van der Waals surface area (Å²) in [6, 6.07) is 15.5. The first-order valence-electron chi connectivity index (χ1n) is 10.1. The van der Waals surface area contributed by atoms with E-state index in [0.29, 0.717) is 44.8 Å². The van der Waals surface area contributed by atoms with E-state index in [-0.39, 0.29) is 23.5 Å². The molecule has 1 N–H and O–H groups in total. The molecule has 2 aromatic carbocycles. The highest BCUT2D eigenvalue weighted by molar-refractivity contribution is 5.82. The summed E-state index contributed by atoms with van der Waals surface area (Å²) in [5.41, 5.74) is 0.991. The molecule has 0 spiro atoms. The lowest BCUT2D eigenvalue weighted by Gasteiger charge is -2.32. The van der Waals surface area contributed by atoms with Gasteiger partial charge in [-0.05, 0) is 49.1 Å². The van der Waals surface area contributed by atoms with Crippen molar-refractivity contribution in [2.45, 2.75) is 25.7 Å². The molecule has 1 saturated heterocycles. The quantitative estimate of drug-likeness (QED) is 0.695. The first-order valence-corrected chi connectivity index (χ1v) is 10.1. The predicted molar refractivity (Wildman–Crippen MR) is 109 cm³/mol. The summed E-state index contributed by atoms with van der Waals surface area (Å²) in [6.45, 7) is 2.14. The number of benzene rings is 2. The van der Waals surface area contributed by atoms with Crippen molar-refractivity contribution in [1.82, 2.24) is 10.2 Å². The first kappa shape index (κ1) is 20.8. The minimum atomic E-state index is -0.298. The smallest absolute Gasteiger partial charge is 0.227 e. The normalized spacial score (nSPS) is 16.3. The maximum Gasteiger partial charge on any atom is 0.227 e. The third-order valence-corrected chi connectivity index (χ3v) is 5.05. The number of piperidine rings is 1. The fourth-order valence-corrected chi connectivity index (χ4v) is 3.45. The molecule has 5 nitrogen and oxygen atoms in total. The van der Waals surface area contributed by atoms with Crippen LogP contribution in [0.2, 0.25) is 0 Å². The zero-order valence-electron chi connectivity index (χ0n) is 16.5. The SMILES string of the molecule is O=C(NCCCOc1ccc(F)cc1)C1CCCN(C(=O)Cc2ccccc2)C1. The Morgan fingerprint density at radius 1 is 1.10 bits per heavy atom. The molecule has 0 bridgehead atoms. The number of carbonyl (C=O) groups excluding carboxylic acids is 2. The maximum absolute atomic E-state index is 12.9. The van der Waals surface area contributed by atoms with Crippen LogP contribution in [0.5, 0.6) is 5.75 Å². The fraction of sp³-hybridized carbons (Fsp3) is 0.391. The number of ether oxygens (including phenoxy) is 1. The Labute approximate surface area is 170 Å². The van der Waals surface area contributed by atoms with Gasteiger partial charge in [-0.25, -0.2) is 4.39 Å². The van der Waals surface area contributed by atoms with E-state index in [0.717, 1.165) is 18.4 Å². The molecule has 1 atom stereocenters. The van der Waals surface area contributed by atoms with Crippen molar-refractivity contribution in [2.24, 2.45) is 5.92 Å². The Morgan fingerprint density at radius 2 is 1.86 bits per heavy atom. The van der Waals surface area contributed by atoms with Crippen LogP contribution in [-0.4, -0.2) is 43.0 Å². The lowest BCUT2D eigenvalue weighted by molar-refractivity contribution is -0.135. The zero-order chi connectivity index (χ0) is 20.5. The van der Waals surface area contributed by atoms with Crippen molar-refractivity contribution in [2.75, 3.05) is 26.2 Å². The minimum absolute atomic E-state index is 0.0102. The van der Waals surface area contributed by atoms with E-state index in [1.807, 2.05) is 30.3 Å². The number of hydrogen-bond donors (Lipinski definition) is 1. The third kappa shape index (κ3) is 6.59. The van der Waals surface area contributed by atoms with Crippen molar-refractivity contribution in [1.29, 1.82) is 0 Å². The van der Waals surface area contributed by atoms with Gasteiger partial charge in [-0.3, -0.25) is 9.59 Å². The number of halogens is 1.